The van der Waals surface area contributed by atoms with Crippen molar-refractivity contribution in [2.45, 2.75) is 39.8 Å². The van der Waals surface area contributed by atoms with E-state index >= 15 is 0 Å². The average Bonchev–Trinajstić information content (AvgIpc) is 2.42. The number of aryl methyl sites for hydroxylation is 1. The SMILES string of the molecule is Cc1ccc(OCCNC(=O)N(CC(C)O)C(C)C)cc1. The molecule has 1 unspecified atom stereocenters. The van der Waals surface area contributed by atoms with Gasteiger partial charge in [-0.2, -0.15) is 0 Å². The van der Waals surface area contributed by atoms with Gasteiger partial charge < -0.3 is 20.1 Å². The van der Waals surface area contributed by atoms with Crippen LogP contribution in [0.5, 0.6) is 5.75 Å². The minimum atomic E-state index is -0.540. The molecule has 2 N–H and O–H groups in total. The number of hydrogen-bond acceptors (Lipinski definition) is 3. The Morgan fingerprint density at radius 1 is 1.29 bits per heavy atom. The van der Waals surface area contributed by atoms with Gasteiger partial charge in [0.1, 0.15) is 12.4 Å². The number of rotatable bonds is 7. The van der Waals surface area contributed by atoms with Gasteiger partial charge in [0.25, 0.3) is 0 Å². The maximum Gasteiger partial charge on any atom is 0.317 e. The van der Waals surface area contributed by atoms with Crippen LogP contribution in [0.1, 0.15) is 26.3 Å². The topological polar surface area (TPSA) is 61.8 Å². The molecule has 0 saturated heterocycles. The van der Waals surface area contributed by atoms with Crippen LogP contribution in [-0.2, 0) is 0 Å². The Bertz CT molecular complexity index is 430. The van der Waals surface area contributed by atoms with Crippen molar-refractivity contribution >= 4 is 6.03 Å². The van der Waals surface area contributed by atoms with Crippen molar-refractivity contribution in [2.75, 3.05) is 19.7 Å². The van der Waals surface area contributed by atoms with E-state index in [1.54, 1.807) is 11.8 Å². The molecule has 0 radical (unpaired) electrons. The molecule has 1 aromatic rings. The van der Waals surface area contributed by atoms with Gasteiger partial charge in [0.2, 0.25) is 0 Å². The number of ether oxygens (including phenoxy) is 1. The summed E-state index contributed by atoms with van der Waals surface area (Å²) in [6.45, 7) is 8.69. The Balaban J connectivity index is 2.33. The van der Waals surface area contributed by atoms with Crippen molar-refractivity contribution in [2.24, 2.45) is 0 Å². The highest BCUT2D eigenvalue weighted by Crippen LogP contribution is 2.10. The molecule has 5 nitrogen and oxygen atoms in total. The second-order valence-electron chi connectivity index (χ2n) is 5.49. The molecule has 1 rings (SSSR count). The monoisotopic (exact) mass is 294 g/mol. The first kappa shape index (κ1) is 17.3. The number of aliphatic hydroxyl groups excluding tert-OH is 1. The summed E-state index contributed by atoms with van der Waals surface area (Å²) < 4.78 is 5.55. The summed E-state index contributed by atoms with van der Waals surface area (Å²) in [6, 6.07) is 7.64. The lowest BCUT2D eigenvalue weighted by Gasteiger charge is -2.28. The van der Waals surface area contributed by atoms with Gasteiger partial charge in [0.15, 0.2) is 0 Å². The fourth-order valence-corrected chi connectivity index (χ4v) is 1.88. The van der Waals surface area contributed by atoms with Crippen LogP contribution in [-0.4, -0.2) is 47.9 Å². The van der Waals surface area contributed by atoms with Crippen LogP contribution in [0, 0.1) is 6.92 Å². The van der Waals surface area contributed by atoms with Crippen LogP contribution in [0.25, 0.3) is 0 Å². The number of nitrogens with zero attached hydrogens (tertiary/aromatic N) is 1. The van der Waals surface area contributed by atoms with Gasteiger partial charge in [-0.1, -0.05) is 17.7 Å². The third-order valence-electron chi connectivity index (χ3n) is 3.01. The molecule has 0 aliphatic rings. The van der Waals surface area contributed by atoms with Crippen LogP contribution in [0.2, 0.25) is 0 Å². The zero-order chi connectivity index (χ0) is 15.8. The van der Waals surface area contributed by atoms with Gasteiger partial charge in [-0.05, 0) is 39.8 Å². The number of benzene rings is 1. The standard InChI is InChI=1S/C16H26N2O3/c1-12(2)18(11-14(4)19)16(20)17-9-10-21-15-7-5-13(3)6-8-15/h5-8,12,14,19H,9-11H2,1-4H3,(H,17,20). The number of aliphatic hydroxyl groups is 1. The van der Waals surface area contributed by atoms with Crippen molar-refractivity contribution in [3.63, 3.8) is 0 Å². The molecule has 0 aliphatic heterocycles. The van der Waals surface area contributed by atoms with Crippen molar-refractivity contribution in [3.05, 3.63) is 29.8 Å². The fourth-order valence-electron chi connectivity index (χ4n) is 1.88. The van der Waals surface area contributed by atoms with Gasteiger partial charge in [-0.3, -0.25) is 0 Å². The van der Waals surface area contributed by atoms with Gasteiger partial charge >= 0.3 is 6.03 Å². The van der Waals surface area contributed by atoms with Crippen molar-refractivity contribution in [3.8, 4) is 5.75 Å². The fraction of sp³-hybridized carbons (Fsp3) is 0.562. The Morgan fingerprint density at radius 3 is 2.43 bits per heavy atom. The highest BCUT2D eigenvalue weighted by molar-refractivity contribution is 5.74. The van der Waals surface area contributed by atoms with E-state index in [0.717, 1.165) is 5.75 Å². The highest BCUT2D eigenvalue weighted by atomic mass is 16.5. The summed E-state index contributed by atoms with van der Waals surface area (Å²) in [5.41, 5.74) is 1.18. The first-order valence-electron chi connectivity index (χ1n) is 7.32. The number of hydrogen-bond donors (Lipinski definition) is 2. The summed E-state index contributed by atoms with van der Waals surface area (Å²) in [5, 5.41) is 12.2. The normalized spacial score (nSPS) is 12.1. The molecular formula is C16H26N2O3. The van der Waals surface area contributed by atoms with E-state index in [4.69, 9.17) is 4.74 Å². The second-order valence-corrected chi connectivity index (χ2v) is 5.49. The van der Waals surface area contributed by atoms with Gasteiger partial charge in [-0.25, -0.2) is 4.79 Å². The molecule has 1 atom stereocenters. The lowest BCUT2D eigenvalue weighted by molar-refractivity contribution is 0.118. The van der Waals surface area contributed by atoms with Crippen LogP contribution in [0.15, 0.2) is 24.3 Å². The summed E-state index contributed by atoms with van der Waals surface area (Å²) in [7, 11) is 0. The number of carbonyl (C=O) groups excluding carboxylic acids is 1. The molecule has 0 fully saturated rings. The van der Waals surface area contributed by atoms with E-state index in [2.05, 4.69) is 5.32 Å². The highest BCUT2D eigenvalue weighted by Gasteiger charge is 2.17. The zero-order valence-corrected chi connectivity index (χ0v) is 13.3. The molecule has 5 heteroatoms. The smallest absolute Gasteiger partial charge is 0.317 e. The van der Waals surface area contributed by atoms with E-state index in [0.29, 0.717) is 19.7 Å². The predicted octanol–water partition coefficient (Wildman–Crippen LogP) is 2.17. The third kappa shape index (κ3) is 6.49. The van der Waals surface area contributed by atoms with Crippen molar-refractivity contribution in [1.82, 2.24) is 10.2 Å². The van der Waals surface area contributed by atoms with Crippen LogP contribution < -0.4 is 10.1 Å². The van der Waals surface area contributed by atoms with Crippen LogP contribution in [0.4, 0.5) is 4.79 Å². The molecule has 0 aliphatic carbocycles. The Labute approximate surface area is 126 Å². The number of carbonyl (C=O) groups is 1. The zero-order valence-electron chi connectivity index (χ0n) is 13.3. The summed E-state index contributed by atoms with van der Waals surface area (Å²) in [4.78, 5) is 13.6. The van der Waals surface area contributed by atoms with Crippen LogP contribution >= 0.6 is 0 Å². The Kier molecular flexibility index (Phi) is 7.02. The Hall–Kier alpha value is -1.75. The lowest BCUT2D eigenvalue weighted by Crippen LogP contribution is -2.47. The van der Waals surface area contributed by atoms with Crippen molar-refractivity contribution < 1.29 is 14.6 Å². The summed E-state index contributed by atoms with van der Waals surface area (Å²) in [5.74, 6) is 0.791. The summed E-state index contributed by atoms with van der Waals surface area (Å²) >= 11 is 0. The molecule has 1 aromatic carbocycles. The van der Waals surface area contributed by atoms with Crippen LogP contribution in [0.3, 0.4) is 0 Å². The van der Waals surface area contributed by atoms with E-state index in [1.165, 1.54) is 5.56 Å². The minimum absolute atomic E-state index is 0.0395. The minimum Gasteiger partial charge on any atom is -0.492 e. The molecular weight excluding hydrogens is 268 g/mol. The van der Waals surface area contributed by atoms with Crippen molar-refractivity contribution in [1.29, 1.82) is 0 Å². The van der Waals surface area contributed by atoms with Gasteiger partial charge in [0.05, 0.1) is 12.6 Å². The van der Waals surface area contributed by atoms with E-state index in [-0.39, 0.29) is 12.1 Å². The van der Waals surface area contributed by atoms with E-state index in [1.807, 2.05) is 45.0 Å². The second kappa shape index (κ2) is 8.52. The molecule has 0 aromatic heterocycles. The maximum absolute atomic E-state index is 12.0. The maximum atomic E-state index is 12.0. The molecule has 0 bridgehead atoms. The molecule has 21 heavy (non-hydrogen) atoms. The molecule has 2 amide bonds. The quantitative estimate of drug-likeness (QED) is 0.758. The van der Waals surface area contributed by atoms with Gasteiger partial charge in [-0.15, -0.1) is 0 Å². The first-order valence-corrected chi connectivity index (χ1v) is 7.32. The third-order valence-corrected chi connectivity index (χ3v) is 3.01. The lowest BCUT2D eigenvalue weighted by atomic mass is 10.2. The molecule has 0 spiro atoms. The Morgan fingerprint density at radius 2 is 1.90 bits per heavy atom. The van der Waals surface area contributed by atoms with E-state index < -0.39 is 6.10 Å². The summed E-state index contributed by atoms with van der Waals surface area (Å²) in [6.07, 6.45) is -0.540. The molecule has 0 saturated carbocycles. The predicted molar refractivity (Wildman–Crippen MR) is 83.6 cm³/mol. The molecule has 118 valence electrons. The largest absolute Gasteiger partial charge is 0.492 e. The first-order chi connectivity index (χ1) is 9.90. The number of nitrogens with one attached hydrogen (secondary N) is 1. The van der Waals surface area contributed by atoms with Gasteiger partial charge in [0, 0.05) is 12.6 Å². The number of amides is 2. The number of urea groups is 1. The average molecular weight is 294 g/mol. The van der Waals surface area contributed by atoms with E-state index in [9.17, 15) is 9.90 Å². The molecule has 0 heterocycles.